The Labute approximate surface area is 159 Å². The van der Waals surface area contributed by atoms with E-state index in [9.17, 15) is 4.79 Å². The summed E-state index contributed by atoms with van der Waals surface area (Å²) in [5, 5.41) is 3.91. The molecule has 4 rings (SSSR count). The van der Waals surface area contributed by atoms with Crippen LogP contribution < -0.4 is 10.1 Å². The molecule has 3 nitrogen and oxygen atoms in total. The molecule has 1 aliphatic heterocycles. The van der Waals surface area contributed by atoms with Gasteiger partial charge in [0.25, 0.3) is 0 Å². The van der Waals surface area contributed by atoms with Crippen molar-refractivity contribution in [2.24, 2.45) is 0 Å². The number of fused-ring (bicyclic) bond motifs is 1. The van der Waals surface area contributed by atoms with Crippen molar-refractivity contribution in [3.63, 3.8) is 0 Å². The van der Waals surface area contributed by atoms with Crippen LogP contribution in [0, 0.1) is 0 Å². The number of hydrogen-bond acceptors (Lipinski definition) is 2. The number of carbonyl (C=O) groups excluding carboxylic acids is 1. The van der Waals surface area contributed by atoms with Gasteiger partial charge < -0.3 is 10.1 Å². The molecule has 0 radical (unpaired) electrons. The Bertz CT molecular complexity index is 798. The van der Waals surface area contributed by atoms with E-state index in [4.69, 9.17) is 16.3 Å². The molecule has 26 heavy (non-hydrogen) atoms. The minimum absolute atomic E-state index is 0.00438. The summed E-state index contributed by atoms with van der Waals surface area (Å²) in [5.41, 5.74) is 1.89. The number of hydrogen-bond donors (Lipinski definition) is 1. The molecule has 1 fully saturated rings. The van der Waals surface area contributed by atoms with Crippen LogP contribution in [-0.4, -0.2) is 11.5 Å². The SMILES string of the molecule is O=C(Cc1cccc(Cl)c1)N[C@@H]1CC2(CCCCC2)Oc2ccccc21. The number of ether oxygens (including phenoxy) is 1. The lowest BCUT2D eigenvalue weighted by atomic mass is 9.77. The van der Waals surface area contributed by atoms with Crippen LogP contribution in [-0.2, 0) is 11.2 Å². The Morgan fingerprint density at radius 3 is 2.73 bits per heavy atom. The predicted molar refractivity (Wildman–Crippen MR) is 104 cm³/mol. The van der Waals surface area contributed by atoms with Crippen LogP contribution in [0.2, 0.25) is 5.02 Å². The second kappa shape index (κ2) is 7.32. The maximum Gasteiger partial charge on any atom is 0.224 e. The van der Waals surface area contributed by atoms with Gasteiger partial charge in [-0.15, -0.1) is 0 Å². The van der Waals surface area contributed by atoms with Gasteiger partial charge in [0.05, 0.1) is 12.5 Å². The van der Waals surface area contributed by atoms with Crippen molar-refractivity contribution >= 4 is 17.5 Å². The van der Waals surface area contributed by atoms with E-state index in [0.29, 0.717) is 11.4 Å². The molecule has 1 spiro atoms. The second-order valence-corrected chi connectivity index (χ2v) is 7.95. The van der Waals surface area contributed by atoms with Crippen molar-refractivity contribution in [1.82, 2.24) is 5.32 Å². The predicted octanol–water partition coefficient (Wildman–Crippen LogP) is 5.23. The Kier molecular flexibility index (Phi) is 4.90. The van der Waals surface area contributed by atoms with Crippen LogP contribution in [0.4, 0.5) is 0 Å². The fraction of sp³-hybridized carbons (Fsp3) is 0.409. The van der Waals surface area contributed by atoms with Gasteiger partial charge in [-0.1, -0.05) is 48.4 Å². The zero-order valence-electron chi connectivity index (χ0n) is 14.8. The van der Waals surface area contributed by atoms with Gasteiger partial charge >= 0.3 is 0 Å². The number of carbonyl (C=O) groups is 1. The van der Waals surface area contributed by atoms with E-state index in [1.165, 1.54) is 19.3 Å². The van der Waals surface area contributed by atoms with Crippen molar-refractivity contribution in [3.05, 3.63) is 64.7 Å². The van der Waals surface area contributed by atoms with Crippen LogP contribution >= 0.6 is 11.6 Å². The lowest BCUT2D eigenvalue weighted by Crippen LogP contribution is -2.46. The van der Waals surface area contributed by atoms with Crippen LogP contribution in [0.15, 0.2) is 48.5 Å². The fourth-order valence-electron chi connectivity index (χ4n) is 4.33. The summed E-state index contributed by atoms with van der Waals surface area (Å²) in [4.78, 5) is 12.7. The van der Waals surface area contributed by atoms with Gasteiger partial charge in [0.2, 0.25) is 5.91 Å². The lowest BCUT2D eigenvalue weighted by molar-refractivity contribution is -0.122. The quantitative estimate of drug-likeness (QED) is 0.804. The van der Waals surface area contributed by atoms with Crippen LogP contribution in [0.5, 0.6) is 5.75 Å². The largest absolute Gasteiger partial charge is 0.487 e. The summed E-state index contributed by atoms with van der Waals surface area (Å²) in [7, 11) is 0. The van der Waals surface area contributed by atoms with E-state index in [0.717, 1.165) is 36.1 Å². The summed E-state index contributed by atoms with van der Waals surface area (Å²) in [5.74, 6) is 0.952. The zero-order chi connectivity index (χ0) is 18.0. The van der Waals surface area contributed by atoms with Gasteiger partial charge in [0.1, 0.15) is 11.4 Å². The van der Waals surface area contributed by atoms with Crippen LogP contribution in [0.3, 0.4) is 0 Å². The molecule has 0 bridgehead atoms. The van der Waals surface area contributed by atoms with Crippen molar-refractivity contribution in [1.29, 1.82) is 0 Å². The van der Waals surface area contributed by atoms with Crippen LogP contribution in [0.25, 0.3) is 0 Å². The number of amides is 1. The molecule has 1 atom stereocenters. The van der Waals surface area contributed by atoms with E-state index in [2.05, 4.69) is 11.4 Å². The normalized spacial score (nSPS) is 20.9. The molecule has 4 heteroatoms. The molecule has 136 valence electrons. The number of rotatable bonds is 3. The maximum atomic E-state index is 12.7. The maximum absolute atomic E-state index is 12.7. The highest BCUT2D eigenvalue weighted by molar-refractivity contribution is 6.30. The average Bonchev–Trinajstić information content (AvgIpc) is 2.62. The van der Waals surface area contributed by atoms with Crippen molar-refractivity contribution < 1.29 is 9.53 Å². The molecule has 2 aromatic rings. The topological polar surface area (TPSA) is 38.3 Å². The minimum Gasteiger partial charge on any atom is -0.487 e. The molecule has 0 aromatic heterocycles. The summed E-state index contributed by atoms with van der Waals surface area (Å²) in [6.45, 7) is 0. The molecule has 1 saturated carbocycles. The van der Waals surface area contributed by atoms with E-state index in [1.54, 1.807) is 0 Å². The Balaban J connectivity index is 1.53. The third kappa shape index (κ3) is 3.73. The standard InChI is InChI=1S/C22H24ClNO2/c23-17-8-6-7-16(13-17)14-21(25)24-19-15-22(11-4-1-5-12-22)26-20-10-3-2-9-18(19)20/h2-3,6-10,13,19H,1,4-5,11-12,14-15H2,(H,24,25)/t19-/m1/s1. The summed E-state index contributed by atoms with van der Waals surface area (Å²) < 4.78 is 6.44. The summed E-state index contributed by atoms with van der Waals surface area (Å²) in [6.07, 6.45) is 7.01. The first-order valence-corrected chi connectivity index (χ1v) is 9.83. The first-order valence-electron chi connectivity index (χ1n) is 9.45. The molecule has 0 unspecified atom stereocenters. The molecule has 1 heterocycles. The third-order valence-electron chi connectivity index (χ3n) is 5.55. The van der Waals surface area contributed by atoms with E-state index in [-0.39, 0.29) is 17.6 Å². The molecule has 0 saturated heterocycles. The highest BCUT2D eigenvalue weighted by Gasteiger charge is 2.42. The Morgan fingerprint density at radius 2 is 1.92 bits per heavy atom. The average molecular weight is 370 g/mol. The first-order chi connectivity index (χ1) is 12.6. The molecule has 1 aliphatic carbocycles. The Morgan fingerprint density at radius 1 is 1.12 bits per heavy atom. The fourth-order valence-corrected chi connectivity index (χ4v) is 4.54. The monoisotopic (exact) mass is 369 g/mol. The second-order valence-electron chi connectivity index (χ2n) is 7.51. The van der Waals surface area contributed by atoms with E-state index >= 15 is 0 Å². The van der Waals surface area contributed by atoms with Gasteiger partial charge in [-0.3, -0.25) is 4.79 Å². The molecular formula is C22H24ClNO2. The number of halogens is 1. The van der Waals surface area contributed by atoms with Gasteiger partial charge in [0, 0.05) is 17.0 Å². The molecular weight excluding hydrogens is 346 g/mol. The van der Waals surface area contributed by atoms with Crippen molar-refractivity contribution in [3.8, 4) is 5.75 Å². The van der Waals surface area contributed by atoms with Gasteiger partial charge in [-0.05, 0) is 49.4 Å². The molecule has 2 aliphatic rings. The summed E-state index contributed by atoms with van der Waals surface area (Å²) >= 11 is 6.04. The molecule has 1 N–H and O–H groups in total. The molecule has 2 aromatic carbocycles. The smallest absolute Gasteiger partial charge is 0.224 e. The highest BCUT2D eigenvalue weighted by Crippen LogP contribution is 2.46. The third-order valence-corrected chi connectivity index (χ3v) is 5.79. The Hall–Kier alpha value is -2.00. The number of nitrogens with one attached hydrogen (secondary N) is 1. The number of para-hydroxylation sites is 1. The van der Waals surface area contributed by atoms with Gasteiger partial charge in [0.15, 0.2) is 0 Å². The highest BCUT2D eigenvalue weighted by atomic mass is 35.5. The van der Waals surface area contributed by atoms with E-state index in [1.807, 2.05) is 42.5 Å². The van der Waals surface area contributed by atoms with Crippen LogP contribution in [0.1, 0.15) is 55.7 Å². The van der Waals surface area contributed by atoms with Crippen molar-refractivity contribution in [2.75, 3.05) is 0 Å². The summed E-state index contributed by atoms with van der Waals surface area (Å²) in [6, 6.07) is 15.6. The van der Waals surface area contributed by atoms with Gasteiger partial charge in [-0.2, -0.15) is 0 Å². The number of benzene rings is 2. The first kappa shape index (κ1) is 17.4. The van der Waals surface area contributed by atoms with Crippen molar-refractivity contribution in [2.45, 2.75) is 56.6 Å². The lowest BCUT2D eigenvalue weighted by Gasteiger charge is -2.44. The van der Waals surface area contributed by atoms with E-state index < -0.39 is 0 Å². The molecule has 1 amide bonds. The minimum atomic E-state index is -0.124. The zero-order valence-corrected chi connectivity index (χ0v) is 15.6. The van der Waals surface area contributed by atoms with Gasteiger partial charge in [-0.25, -0.2) is 0 Å².